The van der Waals surface area contributed by atoms with Gasteiger partial charge in [-0.25, -0.2) is 18.8 Å². The van der Waals surface area contributed by atoms with Crippen molar-refractivity contribution < 1.29 is 9.13 Å². The lowest BCUT2D eigenvalue weighted by atomic mass is 9.99. The van der Waals surface area contributed by atoms with Crippen LogP contribution >= 0.6 is 51.6 Å². The molecule has 1 aliphatic rings. The van der Waals surface area contributed by atoms with Gasteiger partial charge in [0.25, 0.3) is 5.56 Å². The zero-order valence-electron chi connectivity index (χ0n) is 15.4. The van der Waals surface area contributed by atoms with Gasteiger partial charge in [0.05, 0.1) is 35.0 Å². The van der Waals surface area contributed by atoms with Crippen molar-refractivity contribution in [3.63, 3.8) is 0 Å². The van der Waals surface area contributed by atoms with Crippen molar-refractivity contribution in [2.45, 2.75) is 19.4 Å². The van der Waals surface area contributed by atoms with E-state index in [2.05, 4.69) is 37.1 Å². The van der Waals surface area contributed by atoms with Crippen LogP contribution in [0, 0.1) is 5.82 Å². The second kappa shape index (κ2) is 8.90. The van der Waals surface area contributed by atoms with Crippen molar-refractivity contribution >= 4 is 57.3 Å². The van der Waals surface area contributed by atoms with Crippen molar-refractivity contribution in [2.24, 2.45) is 0 Å². The number of rotatable bonds is 4. The molecule has 0 amide bonds. The fraction of sp³-hybridized carbons (Fsp3) is 0.222. The Hall–Kier alpha value is -1.55. The first-order valence-corrected chi connectivity index (χ1v) is 13.6. The molecule has 2 atom stereocenters. The van der Waals surface area contributed by atoms with Crippen LogP contribution in [-0.4, -0.2) is 26.1 Å². The Morgan fingerprint density at radius 3 is 2.87 bits per heavy atom. The van der Waals surface area contributed by atoms with E-state index >= 15 is 0 Å². The summed E-state index contributed by atoms with van der Waals surface area (Å²) < 4.78 is 20.5. The summed E-state index contributed by atoms with van der Waals surface area (Å²) in [6.07, 6.45) is 3.73. The maximum Gasteiger partial charge on any atom is 0.291 e. The molecular weight excluding hydrogens is 566 g/mol. The number of halogens is 4. The van der Waals surface area contributed by atoms with Gasteiger partial charge in [0.1, 0.15) is 22.9 Å². The number of hydrogen-bond donors (Lipinski definition) is 0. The molecule has 2 unspecified atom stereocenters. The molecule has 0 fully saturated rings. The molecule has 1 aromatic carbocycles. The van der Waals surface area contributed by atoms with Gasteiger partial charge in [-0.1, -0.05) is 23.2 Å². The van der Waals surface area contributed by atoms with E-state index in [0.717, 1.165) is 11.3 Å². The average molecular weight is 580 g/mol. The summed E-state index contributed by atoms with van der Waals surface area (Å²) in [5, 5.41) is 4.48. The third-order valence-corrected chi connectivity index (χ3v) is 7.30. The Morgan fingerprint density at radius 1 is 1.33 bits per heavy atom. The van der Waals surface area contributed by atoms with Crippen molar-refractivity contribution in [1.29, 1.82) is 0 Å². The molecule has 0 N–H and O–H groups in total. The maximum absolute atomic E-state index is 13.3. The fourth-order valence-electron chi connectivity index (χ4n) is 3.34. The van der Waals surface area contributed by atoms with E-state index in [-0.39, 0.29) is 28.0 Å². The topological polar surface area (TPSA) is 73.1 Å². The van der Waals surface area contributed by atoms with E-state index in [1.54, 1.807) is 6.20 Å². The number of anilines is 1. The van der Waals surface area contributed by atoms with Crippen LogP contribution in [0.15, 0.2) is 35.5 Å². The minimum Gasteiger partial charge on any atom is -0.437 e. The molecule has 0 bridgehead atoms. The van der Waals surface area contributed by atoms with Gasteiger partial charge in [0.15, 0.2) is 0 Å². The van der Waals surface area contributed by atoms with Crippen LogP contribution in [0.25, 0.3) is 0 Å². The molecule has 3 heterocycles. The minimum atomic E-state index is -0.447. The van der Waals surface area contributed by atoms with E-state index in [1.807, 2.05) is 11.8 Å². The molecule has 0 spiro atoms. The molecule has 0 saturated heterocycles. The van der Waals surface area contributed by atoms with Gasteiger partial charge in [-0.05, 0) is 53.6 Å². The molecule has 4 rings (SSSR count). The standard InChI is InChI=1S/C18H14Cl2FIN5O2P/c1-9-16-11(4-5-26(9)13-7-25-27(30-22)18(28)15(13)20)17(24-8-23-16)29-14-3-2-10(21)6-12(14)19/h2-3,6-9,30H,4-5H2,1H3. The van der Waals surface area contributed by atoms with Gasteiger partial charge >= 0.3 is 0 Å². The molecule has 0 aliphatic carbocycles. The fourth-order valence-corrected chi connectivity index (χ4v) is 5.18. The number of nitrogens with zero attached hydrogens (tertiary/aromatic N) is 5. The van der Waals surface area contributed by atoms with Gasteiger partial charge in [-0.15, -0.1) is 0 Å². The molecule has 2 aromatic heterocycles. The van der Waals surface area contributed by atoms with E-state index in [0.29, 0.717) is 30.3 Å². The van der Waals surface area contributed by atoms with E-state index < -0.39 is 5.82 Å². The molecule has 12 heteroatoms. The maximum atomic E-state index is 13.3. The van der Waals surface area contributed by atoms with Crippen molar-refractivity contribution in [2.75, 3.05) is 11.4 Å². The van der Waals surface area contributed by atoms with Crippen molar-refractivity contribution in [1.82, 2.24) is 19.5 Å². The van der Waals surface area contributed by atoms with Gasteiger partial charge in [-0.2, -0.15) is 5.10 Å². The van der Waals surface area contributed by atoms with Crippen LogP contribution in [0.2, 0.25) is 10.0 Å². The Balaban J connectivity index is 1.68. The number of hydrogen-bond acceptors (Lipinski definition) is 6. The third-order valence-electron chi connectivity index (χ3n) is 4.80. The normalized spacial score (nSPS) is 16.2. The van der Waals surface area contributed by atoms with Crippen LogP contribution in [0.4, 0.5) is 10.1 Å². The van der Waals surface area contributed by atoms with Crippen LogP contribution in [0.3, 0.4) is 0 Å². The zero-order chi connectivity index (χ0) is 21.4. The zero-order valence-corrected chi connectivity index (χ0v) is 20.1. The molecule has 156 valence electrons. The summed E-state index contributed by atoms with van der Waals surface area (Å²) in [7, 11) is 0. The monoisotopic (exact) mass is 579 g/mol. The molecule has 0 radical (unpaired) electrons. The summed E-state index contributed by atoms with van der Waals surface area (Å²) in [5.41, 5.74) is 1.82. The highest BCUT2D eigenvalue weighted by Crippen LogP contribution is 2.39. The minimum absolute atomic E-state index is 0.132. The molecule has 0 saturated carbocycles. The highest BCUT2D eigenvalue weighted by Gasteiger charge is 2.30. The summed E-state index contributed by atoms with van der Waals surface area (Å²) >= 11 is 14.5. The Morgan fingerprint density at radius 2 is 2.13 bits per heavy atom. The summed E-state index contributed by atoms with van der Waals surface area (Å²) in [6, 6.07) is 3.72. The van der Waals surface area contributed by atoms with E-state index in [1.165, 1.54) is 29.0 Å². The molecule has 1 aliphatic heterocycles. The molecular formula is C18H14Cl2FIN5O2P. The predicted molar refractivity (Wildman–Crippen MR) is 124 cm³/mol. The average Bonchev–Trinajstić information content (AvgIpc) is 2.73. The number of benzene rings is 1. The Labute approximate surface area is 195 Å². The lowest BCUT2D eigenvalue weighted by molar-refractivity contribution is 0.443. The number of aromatic nitrogens is 4. The molecule has 3 aromatic rings. The Kier molecular flexibility index (Phi) is 6.43. The van der Waals surface area contributed by atoms with Gasteiger partial charge < -0.3 is 9.64 Å². The second-order valence-electron chi connectivity index (χ2n) is 6.48. The predicted octanol–water partition coefficient (Wildman–Crippen LogP) is 5.19. The largest absolute Gasteiger partial charge is 0.437 e. The quantitative estimate of drug-likeness (QED) is 0.313. The van der Waals surface area contributed by atoms with Crippen molar-refractivity contribution in [3.05, 3.63) is 68.2 Å². The summed E-state index contributed by atoms with van der Waals surface area (Å²) in [5.74, 6) is 0.229. The van der Waals surface area contributed by atoms with Gasteiger partial charge in [-0.3, -0.25) is 4.79 Å². The first-order chi connectivity index (χ1) is 14.4. The second-order valence-corrected chi connectivity index (χ2v) is 9.31. The first kappa shape index (κ1) is 21.7. The molecule has 7 nitrogen and oxygen atoms in total. The highest BCUT2D eigenvalue weighted by molar-refractivity contribution is 14.2. The first-order valence-electron chi connectivity index (χ1n) is 8.78. The summed E-state index contributed by atoms with van der Waals surface area (Å²) in [4.78, 5) is 23.0. The SMILES string of the molecule is CC1c2ncnc(Oc3ccc(F)cc3Cl)c2CCN1c1cnn(PI)c(=O)c1Cl. The third kappa shape index (κ3) is 4.00. The highest BCUT2D eigenvalue weighted by atomic mass is 127. The van der Waals surface area contributed by atoms with Gasteiger partial charge in [0.2, 0.25) is 5.88 Å². The lowest BCUT2D eigenvalue weighted by Crippen LogP contribution is -2.36. The van der Waals surface area contributed by atoms with Crippen LogP contribution in [-0.2, 0) is 6.42 Å². The molecule has 30 heavy (non-hydrogen) atoms. The van der Waals surface area contributed by atoms with Crippen molar-refractivity contribution in [3.8, 4) is 11.6 Å². The van der Waals surface area contributed by atoms with Crippen LogP contribution in [0.5, 0.6) is 11.6 Å². The number of fused-ring (bicyclic) bond motifs is 1. The van der Waals surface area contributed by atoms with Crippen LogP contribution in [0.1, 0.15) is 24.2 Å². The lowest BCUT2D eigenvalue weighted by Gasteiger charge is -2.36. The Bertz CT molecular complexity index is 1180. The number of ether oxygens (including phenoxy) is 1. The smallest absolute Gasteiger partial charge is 0.291 e. The van der Waals surface area contributed by atoms with E-state index in [4.69, 9.17) is 27.9 Å². The van der Waals surface area contributed by atoms with Gasteiger partial charge in [0, 0.05) is 12.1 Å². The van der Waals surface area contributed by atoms with Crippen LogP contribution < -0.4 is 15.2 Å². The van der Waals surface area contributed by atoms with E-state index in [9.17, 15) is 9.18 Å². The summed E-state index contributed by atoms with van der Waals surface area (Å²) in [6.45, 7) is 2.52.